The third kappa shape index (κ3) is 3.94. The molecule has 0 radical (unpaired) electrons. The van der Waals surface area contributed by atoms with Crippen molar-refractivity contribution in [1.29, 1.82) is 0 Å². The van der Waals surface area contributed by atoms with Crippen LogP contribution in [0.1, 0.15) is 24.1 Å². The lowest BCUT2D eigenvalue weighted by Crippen LogP contribution is -3.12. The highest BCUT2D eigenvalue weighted by Crippen LogP contribution is 2.22. The molecule has 24 heavy (non-hydrogen) atoms. The second-order valence-corrected chi connectivity index (χ2v) is 6.90. The fourth-order valence-electron chi connectivity index (χ4n) is 3.29. The second kappa shape index (κ2) is 7.77. The Balaban J connectivity index is 1.78. The molecule has 0 saturated carbocycles. The van der Waals surface area contributed by atoms with Crippen LogP contribution in [0, 0.1) is 0 Å². The Morgan fingerprint density at radius 2 is 2.00 bits per heavy atom. The Kier molecular flexibility index (Phi) is 5.48. The summed E-state index contributed by atoms with van der Waals surface area (Å²) in [6.45, 7) is 5.33. The highest BCUT2D eigenvalue weighted by Gasteiger charge is 2.30. The van der Waals surface area contributed by atoms with Crippen LogP contribution >= 0.6 is 12.2 Å². The summed E-state index contributed by atoms with van der Waals surface area (Å²) in [5, 5.41) is 4.27. The first kappa shape index (κ1) is 16.9. The maximum absolute atomic E-state index is 5.76. The number of thiocarbonyl (C=S) groups is 1. The largest absolute Gasteiger partial charge is 0.334 e. The molecule has 1 unspecified atom stereocenters. The van der Waals surface area contributed by atoms with Gasteiger partial charge in [-0.3, -0.25) is 0 Å². The fraction of sp³-hybridized carbons (Fsp3) is 0.350. The minimum atomic E-state index is 0.328. The molecule has 0 spiro atoms. The van der Waals surface area contributed by atoms with E-state index in [0.717, 1.165) is 36.9 Å². The molecule has 2 aromatic rings. The van der Waals surface area contributed by atoms with Gasteiger partial charge in [-0.25, -0.2) is 0 Å². The van der Waals surface area contributed by atoms with Crippen LogP contribution in [-0.2, 0) is 6.42 Å². The maximum atomic E-state index is 5.76. The van der Waals surface area contributed by atoms with E-state index in [4.69, 9.17) is 12.2 Å². The maximum Gasteiger partial charge on any atom is 0.174 e. The molecule has 1 aliphatic rings. The van der Waals surface area contributed by atoms with E-state index in [1.807, 2.05) is 0 Å². The van der Waals surface area contributed by atoms with E-state index in [0.29, 0.717) is 6.04 Å². The molecule has 1 aliphatic heterocycles. The van der Waals surface area contributed by atoms with Gasteiger partial charge in [-0.1, -0.05) is 49.4 Å². The van der Waals surface area contributed by atoms with Crippen LogP contribution in [0.2, 0.25) is 0 Å². The molecular weight excluding hydrogens is 314 g/mol. The van der Waals surface area contributed by atoms with Crippen LogP contribution in [0.4, 0.5) is 5.69 Å². The molecule has 1 saturated heterocycles. The summed E-state index contributed by atoms with van der Waals surface area (Å²) < 4.78 is 0. The van der Waals surface area contributed by atoms with Gasteiger partial charge in [0.2, 0.25) is 0 Å². The molecule has 126 valence electrons. The number of nitrogens with one attached hydrogen (secondary N) is 2. The number of nitrogens with zero attached hydrogens (tertiary/aromatic N) is 1. The lowest BCUT2D eigenvalue weighted by atomic mass is 10.0. The molecule has 2 aromatic carbocycles. The van der Waals surface area contributed by atoms with Gasteiger partial charge in [0.1, 0.15) is 12.6 Å². The van der Waals surface area contributed by atoms with Crippen molar-refractivity contribution in [2.24, 2.45) is 0 Å². The fourth-order valence-corrected chi connectivity index (χ4v) is 3.63. The minimum absolute atomic E-state index is 0.328. The lowest BCUT2D eigenvalue weighted by molar-refractivity contribution is -0.887. The average molecular weight is 341 g/mol. The van der Waals surface area contributed by atoms with Crippen LogP contribution in [0.5, 0.6) is 0 Å². The van der Waals surface area contributed by atoms with Crippen LogP contribution in [0.25, 0.3) is 0 Å². The number of anilines is 1. The monoisotopic (exact) mass is 340 g/mol. The zero-order valence-corrected chi connectivity index (χ0v) is 15.3. The molecule has 3 nitrogen and oxygen atoms in total. The Bertz CT molecular complexity index is 686. The zero-order chi connectivity index (χ0) is 16.9. The van der Waals surface area contributed by atoms with Crippen molar-refractivity contribution in [3.63, 3.8) is 0 Å². The highest BCUT2D eigenvalue weighted by molar-refractivity contribution is 7.80. The third-order valence-corrected chi connectivity index (χ3v) is 5.07. The molecular formula is C20H26N3S+. The molecule has 0 aliphatic carbocycles. The number of quaternary nitrogens is 1. The molecule has 0 aromatic heterocycles. The lowest BCUT2D eigenvalue weighted by Gasteiger charge is -2.39. The van der Waals surface area contributed by atoms with Gasteiger partial charge in [0.25, 0.3) is 0 Å². The van der Waals surface area contributed by atoms with Gasteiger partial charge < -0.3 is 15.1 Å². The predicted molar refractivity (Wildman–Crippen MR) is 105 cm³/mol. The first-order chi connectivity index (χ1) is 11.7. The van der Waals surface area contributed by atoms with E-state index < -0.39 is 0 Å². The zero-order valence-electron chi connectivity index (χ0n) is 14.5. The Morgan fingerprint density at radius 1 is 1.21 bits per heavy atom. The Labute approximate surface area is 150 Å². The van der Waals surface area contributed by atoms with Gasteiger partial charge in [-0.2, -0.15) is 0 Å². The first-order valence-electron chi connectivity index (χ1n) is 8.70. The van der Waals surface area contributed by atoms with Crippen molar-refractivity contribution in [2.45, 2.75) is 19.4 Å². The number of piperazine rings is 1. The summed E-state index contributed by atoms with van der Waals surface area (Å²) in [7, 11) is 2.26. The SMILES string of the molecule is CCc1cccc(NC(=S)N2CC[NH+](C)C[C@@H]2c2ccccc2)c1. The van der Waals surface area contributed by atoms with Crippen molar-refractivity contribution in [3.8, 4) is 0 Å². The third-order valence-electron chi connectivity index (χ3n) is 4.73. The summed E-state index contributed by atoms with van der Waals surface area (Å²) in [6.07, 6.45) is 1.03. The van der Waals surface area contributed by atoms with E-state index in [1.54, 1.807) is 4.90 Å². The van der Waals surface area contributed by atoms with Gasteiger partial charge in [-0.15, -0.1) is 0 Å². The molecule has 0 amide bonds. The molecule has 4 heteroatoms. The number of hydrogen-bond donors (Lipinski definition) is 2. The highest BCUT2D eigenvalue weighted by atomic mass is 32.1. The smallest absolute Gasteiger partial charge is 0.174 e. The van der Waals surface area contributed by atoms with Gasteiger partial charge in [0, 0.05) is 5.69 Å². The molecule has 2 atom stereocenters. The Hall–Kier alpha value is -1.91. The molecule has 1 fully saturated rings. The molecule has 1 heterocycles. The summed E-state index contributed by atoms with van der Waals surface area (Å²) in [5.74, 6) is 0. The summed E-state index contributed by atoms with van der Waals surface area (Å²) in [4.78, 5) is 3.90. The van der Waals surface area contributed by atoms with Crippen molar-refractivity contribution in [3.05, 3.63) is 65.7 Å². The second-order valence-electron chi connectivity index (χ2n) is 6.52. The normalized spacial score (nSPS) is 20.7. The summed E-state index contributed by atoms with van der Waals surface area (Å²) in [5.41, 5.74) is 3.74. The molecule has 0 bridgehead atoms. The van der Waals surface area contributed by atoms with Crippen molar-refractivity contribution in [2.75, 3.05) is 32.0 Å². The first-order valence-corrected chi connectivity index (χ1v) is 9.11. The van der Waals surface area contributed by atoms with Gasteiger partial charge in [-0.05, 0) is 41.9 Å². The van der Waals surface area contributed by atoms with Crippen LogP contribution in [-0.4, -0.2) is 36.7 Å². The Morgan fingerprint density at radius 3 is 2.75 bits per heavy atom. The van der Waals surface area contributed by atoms with Gasteiger partial charge in [0.15, 0.2) is 5.11 Å². The number of likely N-dealkylation sites (N-methyl/N-ethyl adjacent to an activating group) is 1. The van der Waals surface area contributed by atoms with Gasteiger partial charge >= 0.3 is 0 Å². The number of benzene rings is 2. The average Bonchev–Trinajstić information content (AvgIpc) is 2.62. The van der Waals surface area contributed by atoms with E-state index in [-0.39, 0.29) is 0 Å². The van der Waals surface area contributed by atoms with E-state index >= 15 is 0 Å². The minimum Gasteiger partial charge on any atom is -0.334 e. The standard InChI is InChI=1S/C20H25N3S/c1-3-16-8-7-11-18(14-16)21-20(24)23-13-12-22(2)15-19(23)17-9-5-4-6-10-17/h4-11,14,19H,3,12-13,15H2,1-2H3,(H,21,24)/p+1/t19-/m1/s1. The quantitative estimate of drug-likeness (QED) is 0.838. The van der Waals surface area contributed by atoms with Crippen LogP contribution < -0.4 is 10.2 Å². The molecule has 3 rings (SSSR count). The molecule has 2 N–H and O–H groups in total. The number of aryl methyl sites for hydroxylation is 1. The van der Waals surface area contributed by atoms with Crippen molar-refractivity contribution in [1.82, 2.24) is 4.90 Å². The topological polar surface area (TPSA) is 19.7 Å². The number of rotatable bonds is 3. The van der Waals surface area contributed by atoms with Crippen LogP contribution in [0.3, 0.4) is 0 Å². The summed E-state index contributed by atoms with van der Waals surface area (Å²) >= 11 is 5.76. The number of hydrogen-bond acceptors (Lipinski definition) is 1. The van der Waals surface area contributed by atoms with E-state index in [9.17, 15) is 0 Å². The predicted octanol–water partition coefficient (Wildman–Crippen LogP) is 2.52. The van der Waals surface area contributed by atoms with Crippen molar-refractivity contribution < 1.29 is 4.90 Å². The van der Waals surface area contributed by atoms with Crippen LogP contribution in [0.15, 0.2) is 54.6 Å². The van der Waals surface area contributed by atoms with E-state index in [2.05, 4.69) is 78.8 Å². The van der Waals surface area contributed by atoms with Crippen molar-refractivity contribution >= 4 is 23.0 Å². The van der Waals surface area contributed by atoms with Gasteiger partial charge in [0.05, 0.1) is 20.1 Å². The van der Waals surface area contributed by atoms with E-state index in [1.165, 1.54) is 11.1 Å². The summed E-state index contributed by atoms with van der Waals surface area (Å²) in [6, 6.07) is 19.5.